The lowest BCUT2D eigenvalue weighted by molar-refractivity contribution is -0.136. The van der Waals surface area contributed by atoms with Crippen molar-refractivity contribution < 1.29 is 4.79 Å². The van der Waals surface area contributed by atoms with Crippen LogP contribution in [0.2, 0.25) is 0 Å². The minimum absolute atomic E-state index is 0.0873. The van der Waals surface area contributed by atoms with Crippen molar-refractivity contribution in [1.29, 1.82) is 0 Å². The van der Waals surface area contributed by atoms with Crippen molar-refractivity contribution >= 4 is 5.91 Å². The van der Waals surface area contributed by atoms with Crippen LogP contribution in [0.4, 0.5) is 0 Å². The monoisotopic (exact) mass is 269 g/mol. The molecule has 1 saturated heterocycles. The minimum Gasteiger partial charge on any atom is -0.342 e. The third kappa shape index (κ3) is 5.11. The normalized spacial score (nSPS) is 18.9. The molecule has 1 heterocycles. The summed E-state index contributed by atoms with van der Waals surface area (Å²) in [5, 5.41) is 0. The summed E-state index contributed by atoms with van der Waals surface area (Å²) in [4.78, 5) is 16.7. The van der Waals surface area contributed by atoms with Crippen LogP contribution in [0.5, 0.6) is 0 Å². The second-order valence-electron chi connectivity index (χ2n) is 5.73. The topological polar surface area (TPSA) is 49.6 Å². The van der Waals surface area contributed by atoms with Crippen molar-refractivity contribution in [1.82, 2.24) is 9.80 Å². The number of hydrogen-bond acceptors (Lipinski definition) is 3. The van der Waals surface area contributed by atoms with Crippen LogP contribution in [-0.4, -0.2) is 55.0 Å². The molecule has 1 amide bonds. The van der Waals surface area contributed by atoms with Gasteiger partial charge in [-0.15, -0.1) is 0 Å². The maximum absolute atomic E-state index is 12.2. The fourth-order valence-corrected chi connectivity index (χ4v) is 2.87. The summed E-state index contributed by atoms with van der Waals surface area (Å²) in [5.74, 6) is 1.14. The van der Waals surface area contributed by atoms with Crippen LogP contribution in [0.15, 0.2) is 0 Å². The lowest BCUT2D eigenvalue weighted by Gasteiger charge is -2.35. The van der Waals surface area contributed by atoms with E-state index < -0.39 is 0 Å². The van der Waals surface area contributed by atoms with Gasteiger partial charge in [0.2, 0.25) is 5.91 Å². The van der Waals surface area contributed by atoms with E-state index in [1.165, 1.54) is 6.54 Å². The number of hydrogen-bond donors (Lipinski definition) is 1. The second-order valence-corrected chi connectivity index (χ2v) is 5.73. The first-order valence-electron chi connectivity index (χ1n) is 7.83. The molecule has 0 aromatic heterocycles. The fourth-order valence-electron chi connectivity index (χ4n) is 2.87. The highest BCUT2D eigenvalue weighted by atomic mass is 16.2. The number of carbonyl (C=O) groups excluding carboxylic acids is 1. The Kier molecular flexibility index (Phi) is 7.39. The first-order valence-corrected chi connectivity index (χ1v) is 7.83. The zero-order valence-corrected chi connectivity index (χ0v) is 12.9. The van der Waals surface area contributed by atoms with Crippen LogP contribution in [0.25, 0.3) is 0 Å². The zero-order valence-electron chi connectivity index (χ0n) is 12.9. The van der Waals surface area contributed by atoms with E-state index in [9.17, 15) is 4.79 Å². The van der Waals surface area contributed by atoms with Gasteiger partial charge in [-0.2, -0.15) is 0 Å². The van der Waals surface area contributed by atoms with Gasteiger partial charge in [0.1, 0.15) is 0 Å². The molecule has 1 atom stereocenters. The van der Waals surface area contributed by atoms with Crippen LogP contribution in [0, 0.1) is 11.8 Å². The Bertz CT molecular complexity index is 258. The van der Waals surface area contributed by atoms with E-state index in [1.807, 2.05) is 11.8 Å². The van der Waals surface area contributed by atoms with Gasteiger partial charge in [0.15, 0.2) is 0 Å². The highest BCUT2D eigenvalue weighted by molar-refractivity contribution is 5.78. The van der Waals surface area contributed by atoms with Crippen LogP contribution < -0.4 is 5.73 Å². The van der Waals surface area contributed by atoms with Gasteiger partial charge in [0.25, 0.3) is 0 Å². The predicted molar refractivity (Wildman–Crippen MR) is 79.9 cm³/mol. The third-order valence-corrected chi connectivity index (χ3v) is 4.36. The molecule has 1 aliphatic heterocycles. The molecule has 1 fully saturated rings. The zero-order chi connectivity index (χ0) is 14.3. The molecule has 0 spiro atoms. The van der Waals surface area contributed by atoms with Crippen molar-refractivity contribution in [3.05, 3.63) is 0 Å². The number of rotatable bonds is 7. The molecule has 0 saturated carbocycles. The summed E-state index contributed by atoms with van der Waals surface area (Å²) >= 11 is 0. The van der Waals surface area contributed by atoms with Crippen LogP contribution >= 0.6 is 0 Å². The van der Waals surface area contributed by atoms with Gasteiger partial charge in [-0.1, -0.05) is 20.8 Å². The van der Waals surface area contributed by atoms with Gasteiger partial charge in [0, 0.05) is 25.6 Å². The smallest absolute Gasteiger partial charge is 0.225 e. The van der Waals surface area contributed by atoms with E-state index in [2.05, 4.69) is 18.7 Å². The number of likely N-dealkylation sites (tertiary alicyclic amines) is 1. The van der Waals surface area contributed by atoms with Crippen molar-refractivity contribution in [3.63, 3.8) is 0 Å². The Labute approximate surface area is 118 Å². The Morgan fingerprint density at radius 1 is 1.32 bits per heavy atom. The Balaban J connectivity index is 2.34. The lowest BCUT2D eigenvalue weighted by Crippen LogP contribution is -2.43. The average Bonchev–Trinajstić information content (AvgIpc) is 2.45. The Hall–Kier alpha value is -0.610. The van der Waals surface area contributed by atoms with Crippen LogP contribution in [0.1, 0.15) is 40.0 Å². The molecule has 0 bridgehead atoms. The number of piperidine rings is 1. The largest absolute Gasteiger partial charge is 0.342 e. The quantitative estimate of drug-likeness (QED) is 0.763. The molecule has 1 unspecified atom stereocenters. The van der Waals surface area contributed by atoms with Gasteiger partial charge in [0.05, 0.1) is 0 Å². The third-order valence-electron chi connectivity index (χ3n) is 4.36. The number of amides is 1. The molecule has 0 aromatic rings. The van der Waals surface area contributed by atoms with Crippen molar-refractivity contribution in [2.24, 2.45) is 17.6 Å². The molecule has 1 aliphatic rings. The van der Waals surface area contributed by atoms with Crippen LogP contribution in [-0.2, 0) is 4.79 Å². The van der Waals surface area contributed by atoms with Gasteiger partial charge in [-0.25, -0.2) is 0 Å². The molecule has 19 heavy (non-hydrogen) atoms. The van der Waals surface area contributed by atoms with Gasteiger partial charge in [-0.05, 0) is 44.8 Å². The summed E-state index contributed by atoms with van der Waals surface area (Å²) < 4.78 is 0. The van der Waals surface area contributed by atoms with E-state index in [0.29, 0.717) is 12.5 Å². The van der Waals surface area contributed by atoms with E-state index in [4.69, 9.17) is 5.73 Å². The van der Waals surface area contributed by atoms with Crippen molar-refractivity contribution in [2.75, 3.05) is 39.3 Å². The molecular weight excluding hydrogens is 238 g/mol. The van der Waals surface area contributed by atoms with Gasteiger partial charge in [-0.3, -0.25) is 4.79 Å². The average molecular weight is 269 g/mol. The van der Waals surface area contributed by atoms with E-state index in [-0.39, 0.29) is 5.92 Å². The molecule has 1 rings (SSSR count). The molecule has 4 heteroatoms. The van der Waals surface area contributed by atoms with Gasteiger partial charge >= 0.3 is 0 Å². The highest BCUT2D eigenvalue weighted by Gasteiger charge is 2.26. The first-order chi connectivity index (χ1) is 9.12. The standard InChI is InChI=1S/C15H31N3O/c1-4-17(5-2)12-14-7-10-18(11-8-14)15(19)13(3)6-9-16/h13-14H,4-12,16H2,1-3H3. The van der Waals surface area contributed by atoms with E-state index >= 15 is 0 Å². The molecule has 4 nitrogen and oxygen atoms in total. The Morgan fingerprint density at radius 2 is 1.89 bits per heavy atom. The number of carbonyl (C=O) groups is 1. The molecule has 112 valence electrons. The molecule has 0 radical (unpaired) electrons. The predicted octanol–water partition coefficient (Wildman–Crippen LogP) is 1.55. The Morgan fingerprint density at radius 3 is 2.37 bits per heavy atom. The first kappa shape index (κ1) is 16.4. The summed E-state index contributed by atoms with van der Waals surface area (Å²) in [6, 6.07) is 0. The van der Waals surface area contributed by atoms with E-state index in [0.717, 1.165) is 51.4 Å². The van der Waals surface area contributed by atoms with Gasteiger partial charge < -0.3 is 15.5 Å². The summed E-state index contributed by atoms with van der Waals surface area (Å²) in [7, 11) is 0. The van der Waals surface area contributed by atoms with Crippen molar-refractivity contribution in [2.45, 2.75) is 40.0 Å². The maximum atomic E-state index is 12.2. The minimum atomic E-state index is 0.0873. The fraction of sp³-hybridized carbons (Fsp3) is 0.933. The number of nitrogens with two attached hydrogens (primary N) is 1. The molecule has 2 N–H and O–H groups in total. The lowest BCUT2D eigenvalue weighted by atomic mass is 9.94. The van der Waals surface area contributed by atoms with Crippen molar-refractivity contribution in [3.8, 4) is 0 Å². The summed E-state index contributed by atoms with van der Waals surface area (Å²) in [6.07, 6.45) is 3.10. The second kappa shape index (κ2) is 8.54. The molecular formula is C15H31N3O. The molecule has 0 aromatic carbocycles. The van der Waals surface area contributed by atoms with Crippen LogP contribution in [0.3, 0.4) is 0 Å². The van der Waals surface area contributed by atoms with E-state index in [1.54, 1.807) is 0 Å². The summed E-state index contributed by atoms with van der Waals surface area (Å²) in [6.45, 7) is 12.3. The SMILES string of the molecule is CCN(CC)CC1CCN(C(=O)C(C)CCN)CC1. The number of nitrogens with zero attached hydrogens (tertiary/aromatic N) is 2. The summed E-state index contributed by atoms with van der Waals surface area (Å²) in [5.41, 5.74) is 5.53. The maximum Gasteiger partial charge on any atom is 0.225 e. The highest BCUT2D eigenvalue weighted by Crippen LogP contribution is 2.20. The molecule has 0 aliphatic carbocycles.